The van der Waals surface area contributed by atoms with Crippen LogP contribution in [-0.4, -0.2) is 79.9 Å². The Kier molecular flexibility index (Phi) is 4.19. The van der Waals surface area contributed by atoms with Crippen LogP contribution in [0.3, 0.4) is 0 Å². The Bertz CT molecular complexity index is 654. The Balaban J connectivity index is 1.93. The van der Waals surface area contributed by atoms with Gasteiger partial charge in [0.05, 0.1) is 11.7 Å². The number of sulfonamides is 1. The molecule has 0 N–H and O–H groups in total. The number of piperidine rings is 1. The molecule has 136 valence electrons. The van der Waals surface area contributed by atoms with Crippen molar-refractivity contribution < 1.29 is 18.0 Å². The molecule has 0 aromatic carbocycles. The van der Waals surface area contributed by atoms with Gasteiger partial charge in [-0.05, 0) is 26.2 Å². The highest BCUT2D eigenvalue weighted by atomic mass is 32.2. The van der Waals surface area contributed by atoms with Gasteiger partial charge in [0.1, 0.15) is 0 Å². The Morgan fingerprint density at radius 2 is 1.75 bits per heavy atom. The second kappa shape index (κ2) is 5.69. The van der Waals surface area contributed by atoms with Gasteiger partial charge in [0, 0.05) is 51.6 Å². The molecule has 2 amide bonds. The van der Waals surface area contributed by atoms with Crippen molar-refractivity contribution in [2.75, 3.05) is 45.5 Å². The summed E-state index contributed by atoms with van der Waals surface area (Å²) in [6.07, 6.45) is 3.29. The summed E-state index contributed by atoms with van der Waals surface area (Å²) in [6.45, 7) is 6.88. The maximum atomic E-state index is 13.1. The molecule has 0 radical (unpaired) electrons. The molecule has 0 aliphatic carbocycles. The summed E-state index contributed by atoms with van der Waals surface area (Å²) in [5.74, 6) is 0.154. The van der Waals surface area contributed by atoms with E-state index in [0.717, 1.165) is 13.0 Å². The highest BCUT2D eigenvalue weighted by Crippen LogP contribution is 2.57. The molecule has 1 atom stereocenters. The molecule has 7 nitrogen and oxygen atoms in total. The van der Waals surface area contributed by atoms with Crippen LogP contribution in [0.5, 0.6) is 0 Å². The number of rotatable bonds is 2. The molecule has 24 heavy (non-hydrogen) atoms. The lowest BCUT2D eigenvalue weighted by Gasteiger charge is -2.46. The van der Waals surface area contributed by atoms with Gasteiger partial charge in [-0.1, -0.05) is 0 Å². The average molecular weight is 357 g/mol. The number of carbonyl (C=O) groups is 2. The van der Waals surface area contributed by atoms with Crippen molar-refractivity contribution >= 4 is 21.8 Å². The topological polar surface area (TPSA) is 78.0 Å². The molecule has 3 aliphatic rings. The number of fused-ring (bicyclic) bond motifs is 1. The lowest BCUT2D eigenvalue weighted by Crippen LogP contribution is -2.53. The van der Waals surface area contributed by atoms with E-state index in [9.17, 15) is 18.0 Å². The van der Waals surface area contributed by atoms with Crippen LogP contribution >= 0.6 is 0 Å². The first kappa shape index (κ1) is 17.7. The van der Waals surface area contributed by atoms with E-state index >= 15 is 0 Å². The van der Waals surface area contributed by atoms with Crippen LogP contribution in [0.15, 0.2) is 0 Å². The Hall–Kier alpha value is -1.15. The van der Waals surface area contributed by atoms with Crippen molar-refractivity contribution in [2.45, 2.75) is 33.1 Å². The van der Waals surface area contributed by atoms with Gasteiger partial charge in [0.25, 0.3) is 0 Å². The number of nitrogens with zero attached hydrogens (tertiary/aromatic N) is 3. The molecule has 0 aromatic heterocycles. The van der Waals surface area contributed by atoms with Crippen LogP contribution in [-0.2, 0) is 19.6 Å². The predicted octanol–water partition coefficient (Wildman–Crippen LogP) is 0.129. The van der Waals surface area contributed by atoms with E-state index in [1.54, 1.807) is 11.8 Å². The summed E-state index contributed by atoms with van der Waals surface area (Å²) < 4.78 is 25.1. The minimum Gasteiger partial charge on any atom is -0.342 e. The highest BCUT2D eigenvalue weighted by molar-refractivity contribution is 7.88. The monoisotopic (exact) mass is 357 g/mol. The Morgan fingerprint density at radius 1 is 1.12 bits per heavy atom. The smallest absolute Gasteiger partial charge is 0.231 e. The van der Waals surface area contributed by atoms with Crippen molar-refractivity contribution in [3.63, 3.8) is 0 Å². The first-order valence-corrected chi connectivity index (χ1v) is 10.5. The van der Waals surface area contributed by atoms with Crippen LogP contribution in [0.25, 0.3) is 0 Å². The standard InChI is InChI=1S/C16H27N3O4S/c1-4-17-8-7-16(14(17)21)12-18(13(2)20)11-15(16)5-9-19(10-6-15)24(3,22)23/h4-12H2,1-3H3/t16-/m1/s1. The van der Waals surface area contributed by atoms with E-state index in [1.165, 1.54) is 10.6 Å². The van der Waals surface area contributed by atoms with E-state index in [4.69, 9.17) is 0 Å². The fourth-order valence-electron chi connectivity index (χ4n) is 4.95. The molecule has 2 spiro atoms. The van der Waals surface area contributed by atoms with E-state index in [-0.39, 0.29) is 17.2 Å². The number of carbonyl (C=O) groups excluding carboxylic acids is 2. The summed E-state index contributed by atoms with van der Waals surface area (Å²) >= 11 is 0. The van der Waals surface area contributed by atoms with Crippen molar-refractivity contribution in [1.29, 1.82) is 0 Å². The maximum absolute atomic E-state index is 13.1. The Morgan fingerprint density at radius 3 is 2.21 bits per heavy atom. The highest BCUT2D eigenvalue weighted by Gasteiger charge is 2.65. The quantitative estimate of drug-likeness (QED) is 0.704. The zero-order valence-electron chi connectivity index (χ0n) is 14.7. The van der Waals surface area contributed by atoms with Crippen LogP contribution in [0.1, 0.15) is 33.1 Å². The molecule has 3 aliphatic heterocycles. The number of hydrogen-bond acceptors (Lipinski definition) is 4. The third-order valence-corrected chi connectivity index (χ3v) is 7.75. The fraction of sp³-hybridized carbons (Fsp3) is 0.875. The van der Waals surface area contributed by atoms with E-state index in [2.05, 4.69) is 0 Å². The summed E-state index contributed by atoms with van der Waals surface area (Å²) in [6, 6.07) is 0. The second-order valence-corrected chi connectivity index (χ2v) is 9.52. The zero-order chi connectivity index (χ0) is 17.8. The van der Waals surface area contributed by atoms with Gasteiger partial charge in [-0.15, -0.1) is 0 Å². The van der Waals surface area contributed by atoms with Crippen LogP contribution < -0.4 is 0 Å². The molecular formula is C16H27N3O4S. The normalized spacial score (nSPS) is 30.7. The average Bonchev–Trinajstić information content (AvgIpc) is 3.00. The lowest BCUT2D eigenvalue weighted by atomic mass is 9.60. The predicted molar refractivity (Wildman–Crippen MR) is 89.6 cm³/mol. The molecule has 3 rings (SSSR count). The number of amides is 2. The van der Waals surface area contributed by atoms with E-state index in [0.29, 0.717) is 45.6 Å². The molecule has 3 fully saturated rings. The van der Waals surface area contributed by atoms with Gasteiger partial charge in [-0.2, -0.15) is 0 Å². The van der Waals surface area contributed by atoms with Crippen LogP contribution in [0, 0.1) is 10.8 Å². The van der Waals surface area contributed by atoms with Crippen molar-refractivity contribution in [2.24, 2.45) is 10.8 Å². The molecule has 0 unspecified atom stereocenters. The minimum atomic E-state index is -3.21. The van der Waals surface area contributed by atoms with Crippen molar-refractivity contribution in [3.05, 3.63) is 0 Å². The molecule has 0 aromatic rings. The molecule has 0 bridgehead atoms. The van der Waals surface area contributed by atoms with Gasteiger partial charge >= 0.3 is 0 Å². The summed E-state index contributed by atoms with van der Waals surface area (Å²) in [5, 5.41) is 0. The van der Waals surface area contributed by atoms with E-state index in [1.807, 2.05) is 11.8 Å². The van der Waals surface area contributed by atoms with Crippen molar-refractivity contribution in [1.82, 2.24) is 14.1 Å². The van der Waals surface area contributed by atoms with Gasteiger partial charge in [0.15, 0.2) is 0 Å². The lowest BCUT2D eigenvalue weighted by molar-refractivity contribution is -0.141. The van der Waals surface area contributed by atoms with Gasteiger partial charge in [-0.3, -0.25) is 9.59 Å². The maximum Gasteiger partial charge on any atom is 0.231 e. The second-order valence-electron chi connectivity index (χ2n) is 7.53. The Labute approximate surface area is 144 Å². The zero-order valence-corrected chi connectivity index (χ0v) is 15.6. The third-order valence-electron chi connectivity index (χ3n) is 6.45. The summed E-state index contributed by atoms with van der Waals surface area (Å²) in [5.41, 5.74) is -0.820. The molecular weight excluding hydrogens is 330 g/mol. The first-order chi connectivity index (χ1) is 11.2. The van der Waals surface area contributed by atoms with Crippen molar-refractivity contribution in [3.8, 4) is 0 Å². The third kappa shape index (κ3) is 2.45. The molecule has 3 heterocycles. The van der Waals surface area contributed by atoms with Gasteiger partial charge < -0.3 is 9.80 Å². The molecule has 3 saturated heterocycles. The summed E-state index contributed by atoms with van der Waals surface area (Å²) in [7, 11) is -3.21. The first-order valence-electron chi connectivity index (χ1n) is 8.65. The molecule has 0 saturated carbocycles. The number of likely N-dealkylation sites (tertiary alicyclic amines) is 2. The SMILES string of the molecule is CCN1CC[C@@]2(CN(C(C)=O)CC23CCN(S(C)(=O)=O)CC3)C1=O. The van der Waals surface area contributed by atoms with Crippen LogP contribution in [0.4, 0.5) is 0 Å². The number of hydrogen-bond donors (Lipinski definition) is 0. The summed E-state index contributed by atoms with van der Waals surface area (Å²) in [4.78, 5) is 28.8. The fourth-order valence-corrected chi connectivity index (χ4v) is 5.79. The van der Waals surface area contributed by atoms with Crippen LogP contribution in [0.2, 0.25) is 0 Å². The largest absolute Gasteiger partial charge is 0.342 e. The minimum absolute atomic E-state index is 0.000425. The van der Waals surface area contributed by atoms with Gasteiger partial charge in [-0.25, -0.2) is 12.7 Å². The van der Waals surface area contributed by atoms with E-state index < -0.39 is 15.4 Å². The van der Waals surface area contributed by atoms with Gasteiger partial charge in [0.2, 0.25) is 21.8 Å². The molecule has 8 heteroatoms.